The fourth-order valence-electron chi connectivity index (χ4n) is 3.89. The molecule has 2 N–H and O–H groups in total. The highest BCUT2D eigenvalue weighted by atomic mass is 35.5. The van der Waals surface area contributed by atoms with Crippen LogP contribution in [0.15, 0.2) is 55.5 Å². The number of nitrogens with one attached hydrogen (secondary N) is 2. The van der Waals surface area contributed by atoms with E-state index in [1.54, 1.807) is 17.1 Å². The Hall–Kier alpha value is -3.72. The Bertz CT molecular complexity index is 1200. The van der Waals surface area contributed by atoms with E-state index in [0.29, 0.717) is 35.4 Å². The van der Waals surface area contributed by atoms with E-state index in [2.05, 4.69) is 32.3 Å². The molecule has 0 radical (unpaired) electrons. The van der Waals surface area contributed by atoms with Gasteiger partial charge in [-0.05, 0) is 36.5 Å². The molecule has 2 aromatic heterocycles. The maximum absolute atomic E-state index is 12.5. The number of anilines is 3. The standard InChI is InChI=1S/C25H28ClN7O2/c1-2-21(34)12-18-7-6-8-19(11-18)13-27-24-22(26)15-28-25(31-24)30-20-14-29-33(16-20)17-23(35)32-9-4-3-5-10-32/h2,6-8,11,14-16H,1,3-5,9-10,12-13,17H2,(H2,27,28,30,31). The predicted octanol–water partition coefficient (Wildman–Crippen LogP) is 3.99. The molecule has 182 valence electrons. The van der Waals surface area contributed by atoms with Crippen LogP contribution in [0.4, 0.5) is 17.5 Å². The highest BCUT2D eigenvalue weighted by Gasteiger charge is 2.17. The van der Waals surface area contributed by atoms with Crippen LogP contribution in [0.2, 0.25) is 5.02 Å². The molecule has 1 aliphatic rings. The number of likely N-dealkylation sites (tertiary alicyclic amines) is 1. The summed E-state index contributed by atoms with van der Waals surface area (Å²) < 4.78 is 1.61. The number of amides is 1. The normalized spacial score (nSPS) is 13.3. The molecule has 1 fully saturated rings. The number of rotatable bonds is 10. The third-order valence-corrected chi connectivity index (χ3v) is 5.97. The van der Waals surface area contributed by atoms with Crippen LogP contribution in [-0.4, -0.2) is 49.4 Å². The van der Waals surface area contributed by atoms with Gasteiger partial charge in [0, 0.05) is 32.3 Å². The van der Waals surface area contributed by atoms with Gasteiger partial charge in [-0.2, -0.15) is 10.1 Å². The van der Waals surface area contributed by atoms with Crippen molar-refractivity contribution in [2.24, 2.45) is 0 Å². The van der Waals surface area contributed by atoms with Crippen LogP contribution in [-0.2, 0) is 29.1 Å². The van der Waals surface area contributed by atoms with Crippen molar-refractivity contribution in [3.63, 3.8) is 0 Å². The van der Waals surface area contributed by atoms with Crippen molar-refractivity contribution in [1.29, 1.82) is 0 Å². The fraction of sp³-hybridized carbons (Fsp3) is 0.320. The molecule has 3 aromatic rings. The molecule has 9 nitrogen and oxygen atoms in total. The molecule has 1 saturated heterocycles. The molecule has 1 aromatic carbocycles. The quantitative estimate of drug-likeness (QED) is 0.411. The van der Waals surface area contributed by atoms with Crippen molar-refractivity contribution in [3.8, 4) is 0 Å². The Morgan fingerprint density at radius 1 is 1.14 bits per heavy atom. The van der Waals surface area contributed by atoms with E-state index < -0.39 is 0 Å². The molecule has 35 heavy (non-hydrogen) atoms. The van der Waals surface area contributed by atoms with E-state index in [0.717, 1.165) is 37.1 Å². The van der Waals surface area contributed by atoms with Crippen LogP contribution in [0.1, 0.15) is 30.4 Å². The molecule has 1 aliphatic heterocycles. The van der Waals surface area contributed by atoms with Gasteiger partial charge in [0.25, 0.3) is 0 Å². The number of hydrogen-bond donors (Lipinski definition) is 2. The summed E-state index contributed by atoms with van der Waals surface area (Å²) in [5.41, 5.74) is 2.58. The van der Waals surface area contributed by atoms with Crippen LogP contribution in [0.5, 0.6) is 0 Å². The molecule has 0 atom stereocenters. The van der Waals surface area contributed by atoms with E-state index in [1.807, 2.05) is 29.2 Å². The maximum atomic E-state index is 12.5. The molecule has 3 heterocycles. The average Bonchev–Trinajstić information content (AvgIpc) is 3.31. The lowest BCUT2D eigenvalue weighted by Gasteiger charge is -2.26. The zero-order valence-corrected chi connectivity index (χ0v) is 20.2. The molecule has 4 rings (SSSR count). The van der Waals surface area contributed by atoms with Crippen LogP contribution >= 0.6 is 11.6 Å². The van der Waals surface area contributed by atoms with Crippen LogP contribution < -0.4 is 10.6 Å². The number of piperidine rings is 1. The van der Waals surface area contributed by atoms with Gasteiger partial charge in [-0.1, -0.05) is 42.4 Å². The first kappa shape index (κ1) is 24.4. The van der Waals surface area contributed by atoms with Crippen molar-refractivity contribution in [2.75, 3.05) is 23.7 Å². The van der Waals surface area contributed by atoms with E-state index in [-0.39, 0.29) is 18.2 Å². The second kappa shape index (κ2) is 11.6. The molecule has 0 saturated carbocycles. The predicted molar refractivity (Wildman–Crippen MR) is 136 cm³/mol. The number of carbonyl (C=O) groups is 2. The second-order valence-corrected chi connectivity index (χ2v) is 8.81. The Morgan fingerprint density at radius 2 is 1.94 bits per heavy atom. The Balaban J connectivity index is 1.36. The number of carbonyl (C=O) groups excluding carboxylic acids is 2. The lowest BCUT2D eigenvalue weighted by Crippen LogP contribution is -2.37. The molecule has 0 unspecified atom stereocenters. The first-order valence-electron chi connectivity index (χ1n) is 11.6. The van der Waals surface area contributed by atoms with Crippen molar-refractivity contribution in [3.05, 3.63) is 71.7 Å². The number of ketones is 1. The smallest absolute Gasteiger partial charge is 0.244 e. The Labute approximate surface area is 209 Å². The zero-order valence-electron chi connectivity index (χ0n) is 19.4. The maximum Gasteiger partial charge on any atom is 0.244 e. The summed E-state index contributed by atoms with van der Waals surface area (Å²) in [5, 5.41) is 11.0. The highest BCUT2D eigenvalue weighted by Crippen LogP contribution is 2.22. The summed E-state index contributed by atoms with van der Waals surface area (Å²) in [4.78, 5) is 34.7. The fourth-order valence-corrected chi connectivity index (χ4v) is 4.04. The molecular formula is C25H28ClN7O2. The summed E-state index contributed by atoms with van der Waals surface area (Å²) >= 11 is 6.29. The van der Waals surface area contributed by atoms with Gasteiger partial charge in [0.15, 0.2) is 11.6 Å². The molecule has 0 spiro atoms. The van der Waals surface area contributed by atoms with Crippen LogP contribution in [0.3, 0.4) is 0 Å². The first-order chi connectivity index (χ1) is 17.0. The SMILES string of the molecule is C=CC(=O)Cc1cccc(CNc2nc(Nc3cnn(CC(=O)N4CCCCC4)c3)ncc2Cl)c1. The van der Waals surface area contributed by atoms with Crippen LogP contribution in [0, 0.1) is 0 Å². The number of hydrogen-bond acceptors (Lipinski definition) is 7. The minimum Gasteiger partial charge on any atom is -0.365 e. The third kappa shape index (κ3) is 6.89. The number of allylic oxidation sites excluding steroid dienone is 1. The Morgan fingerprint density at radius 3 is 2.74 bits per heavy atom. The molecule has 0 bridgehead atoms. The summed E-state index contributed by atoms with van der Waals surface area (Å²) in [6.45, 7) is 5.83. The zero-order chi connectivity index (χ0) is 24.6. The lowest BCUT2D eigenvalue weighted by molar-refractivity contribution is -0.132. The average molecular weight is 494 g/mol. The van der Waals surface area contributed by atoms with Crippen molar-refractivity contribution >= 4 is 40.7 Å². The minimum atomic E-state index is -0.0242. The number of halogens is 1. The van der Waals surface area contributed by atoms with Crippen molar-refractivity contribution in [2.45, 2.75) is 38.8 Å². The van der Waals surface area contributed by atoms with Crippen molar-refractivity contribution < 1.29 is 9.59 Å². The molecular weight excluding hydrogens is 466 g/mol. The largest absolute Gasteiger partial charge is 0.365 e. The number of aromatic nitrogens is 4. The second-order valence-electron chi connectivity index (χ2n) is 8.40. The van der Waals surface area contributed by atoms with E-state index in [4.69, 9.17) is 11.6 Å². The summed E-state index contributed by atoms with van der Waals surface area (Å²) in [7, 11) is 0. The monoisotopic (exact) mass is 493 g/mol. The Kier molecular flexibility index (Phi) is 8.10. The molecule has 0 aliphatic carbocycles. The summed E-state index contributed by atoms with van der Waals surface area (Å²) in [6, 6.07) is 7.74. The number of benzene rings is 1. The topological polar surface area (TPSA) is 105 Å². The van der Waals surface area contributed by atoms with Gasteiger partial charge in [0.05, 0.1) is 18.1 Å². The first-order valence-corrected chi connectivity index (χ1v) is 11.9. The van der Waals surface area contributed by atoms with Gasteiger partial charge in [0.1, 0.15) is 11.6 Å². The van der Waals surface area contributed by atoms with Gasteiger partial charge in [0.2, 0.25) is 11.9 Å². The van der Waals surface area contributed by atoms with Gasteiger partial charge in [-0.15, -0.1) is 0 Å². The molecule has 10 heteroatoms. The van der Waals surface area contributed by atoms with E-state index in [1.165, 1.54) is 18.7 Å². The van der Waals surface area contributed by atoms with Gasteiger partial charge in [-0.3, -0.25) is 14.3 Å². The number of nitrogens with zero attached hydrogens (tertiary/aromatic N) is 5. The minimum absolute atomic E-state index is 0.0242. The van der Waals surface area contributed by atoms with Crippen LogP contribution in [0.25, 0.3) is 0 Å². The summed E-state index contributed by atoms with van der Waals surface area (Å²) in [6.07, 6.45) is 9.84. The summed E-state index contributed by atoms with van der Waals surface area (Å²) in [5.74, 6) is 0.879. The van der Waals surface area contributed by atoms with Gasteiger partial charge >= 0.3 is 0 Å². The van der Waals surface area contributed by atoms with E-state index in [9.17, 15) is 9.59 Å². The highest BCUT2D eigenvalue weighted by molar-refractivity contribution is 6.32. The van der Waals surface area contributed by atoms with Gasteiger partial charge < -0.3 is 15.5 Å². The third-order valence-electron chi connectivity index (χ3n) is 5.70. The lowest BCUT2D eigenvalue weighted by atomic mass is 10.1. The van der Waals surface area contributed by atoms with Crippen molar-refractivity contribution in [1.82, 2.24) is 24.6 Å². The van der Waals surface area contributed by atoms with E-state index >= 15 is 0 Å². The molecule has 1 amide bonds. The van der Waals surface area contributed by atoms with Gasteiger partial charge in [-0.25, -0.2) is 4.98 Å².